The summed E-state index contributed by atoms with van der Waals surface area (Å²) in [5.74, 6) is 0. The maximum Gasteiger partial charge on any atom is 0.319 e. The zero-order valence-electron chi connectivity index (χ0n) is 19.5. The standard InChI is InChI=1S/C25H28N6O3S/c1-18-16-24(22-4-2-3-5-23(22)28-18)29-25(32)27-12-15-31-13-10-20(11-14-31)30-35(33,34)21-8-6-19(17-26)7-9-21/h2-9,16,20,30H,10-15H2,1H3,(H2,27,28,29,32). The van der Waals surface area contributed by atoms with Gasteiger partial charge in [-0.2, -0.15) is 5.26 Å². The molecule has 3 aromatic rings. The first kappa shape index (κ1) is 24.6. The predicted octanol–water partition coefficient (Wildman–Crippen LogP) is 2.98. The third-order valence-corrected chi connectivity index (χ3v) is 7.55. The molecule has 0 bridgehead atoms. The monoisotopic (exact) mass is 492 g/mol. The summed E-state index contributed by atoms with van der Waals surface area (Å²) in [5.41, 5.74) is 2.81. The van der Waals surface area contributed by atoms with Crippen LogP contribution in [0.1, 0.15) is 24.1 Å². The van der Waals surface area contributed by atoms with E-state index in [0.717, 1.165) is 35.4 Å². The first-order valence-corrected chi connectivity index (χ1v) is 13.0. The lowest BCUT2D eigenvalue weighted by molar-refractivity contribution is 0.206. The molecule has 1 fully saturated rings. The highest BCUT2D eigenvalue weighted by Gasteiger charge is 2.24. The van der Waals surface area contributed by atoms with Crippen LogP contribution in [0.25, 0.3) is 10.9 Å². The van der Waals surface area contributed by atoms with E-state index in [9.17, 15) is 13.2 Å². The third kappa shape index (κ3) is 6.33. The van der Waals surface area contributed by atoms with Gasteiger partial charge in [-0.1, -0.05) is 18.2 Å². The van der Waals surface area contributed by atoms with Crippen molar-refractivity contribution >= 4 is 32.6 Å². The van der Waals surface area contributed by atoms with Gasteiger partial charge in [0.05, 0.1) is 27.7 Å². The second kappa shape index (κ2) is 10.8. The number of nitrogens with zero attached hydrogens (tertiary/aromatic N) is 3. The maximum atomic E-state index is 12.6. The van der Waals surface area contributed by atoms with Crippen molar-refractivity contribution in [2.24, 2.45) is 0 Å². The number of likely N-dealkylation sites (tertiary alicyclic amines) is 1. The Labute approximate surface area is 205 Å². The number of sulfonamides is 1. The van der Waals surface area contributed by atoms with Gasteiger partial charge < -0.3 is 15.5 Å². The van der Waals surface area contributed by atoms with Gasteiger partial charge in [0.1, 0.15) is 0 Å². The molecule has 2 aromatic carbocycles. The van der Waals surface area contributed by atoms with E-state index < -0.39 is 10.0 Å². The summed E-state index contributed by atoms with van der Waals surface area (Å²) in [6.45, 7) is 4.52. The number of aromatic nitrogens is 1. The maximum absolute atomic E-state index is 12.6. The number of benzene rings is 2. The molecule has 3 N–H and O–H groups in total. The number of piperidine rings is 1. The molecule has 0 spiro atoms. The number of rotatable bonds is 7. The number of carbonyl (C=O) groups excluding carboxylic acids is 1. The van der Waals surface area contributed by atoms with E-state index in [1.54, 1.807) is 0 Å². The smallest absolute Gasteiger partial charge is 0.319 e. The lowest BCUT2D eigenvalue weighted by Crippen LogP contribution is -2.46. The van der Waals surface area contributed by atoms with Crippen LogP contribution >= 0.6 is 0 Å². The van der Waals surface area contributed by atoms with Crippen LogP contribution < -0.4 is 15.4 Å². The topological polar surface area (TPSA) is 127 Å². The summed E-state index contributed by atoms with van der Waals surface area (Å²) in [5, 5.41) is 15.6. The van der Waals surface area contributed by atoms with Gasteiger partial charge in [0.15, 0.2) is 0 Å². The van der Waals surface area contributed by atoms with E-state index in [1.165, 1.54) is 24.3 Å². The number of para-hydroxylation sites is 1. The molecule has 10 heteroatoms. The number of fused-ring (bicyclic) bond motifs is 1. The zero-order valence-corrected chi connectivity index (χ0v) is 20.3. The van der Waals surface area contributed by atoms with E-state index in [4.69, 9.17) is 5.26 Å². The molecule has 0 aliphatic carbocycles. The number of nitrogens with one attached hydrogen (secondary N) is 3. The summed E-state index contributed by atoms with van der Waals surface area (Å²) in [6.07, 6.45) is 1.37. The van der Waals surface area contributed by atoms with Crippen molar-refractivity contribution in [1.82, 2.24) is 19.9 Å². The Morgan fingerprint density at radius 3 is 2.57 bits per heavy atom. The molecule has 35 heavy (non-hydrogen) atoms. The predicted molar refractivity (Wildman–Crippen MR) is 134 cm³/mol. The molecule has 1 saturated heterocycles. The number of nitriles is 1. The van der Waals surface area contributed by atoms with Crippen LogP contribution in [0, 0.1) is 18.3 Å². The van der Waals surface area contributed by atoms with Gasteiger partial charge in [-0.3, -0.25) is 4.98 Å². The lowest BCUT2D eigenvalue weighted by atomic mass is 10.1. The molecule has 2 heterocycles. The number of urea groups is 1. The summed E-state index contributed by atoms with van der Waals surface area (Å²) < 4.78 is 28.0. The summed E-state index contributed by atoms with van der Waals surface area (Å²) in [6, 6.07) is 17.0. The molecular formula is C25H28N6O3S. The molecule has 2 amide bonds. The highest BCUT2D eigenvalue weighted by molar-refractivity contribution is 7.89. The Balaban J connectivity index is 1.21. The Bertz CT molecular complexity index is 1340. The summed E-state index contributed by atoms with van der Waals surface area (Å²) in [4.78, 5) is 19.3. The average Bonchev–Trinajstić information content (AvgIpc) is 2.85. The number of hydrogen-bond donors (Lipinski definition) is 3. The number of anilines is 1. The third-order valence-electron chi connectivity index (χ3n) is 6.01. The van der Waals surface area contributed by atoms with Crippen molar-refractivity contribution in [2.75, 3.05) is 31.5 Å². The molecule has 1 aromatic heterocycles. The van der Waals surface area contributed by atoms with Crippen LogP contribution in [0.2, 0.25) is 0 Å². The first-order chi connectivity index (χ1) is 16.8. The largest absolute Gasteiger partial charge is 0.337 e. The number of pyridine rings is 1. The van der Waals surface area contributed by atoms with Crippen molar-refractivity contribution in [3.63, 3.8) is 0 Å². The second-order valence-electron chi connectivity index (χ2n) is 8.58. The SMILES string of the molecule is Cc1cc(NC(=O)NCCN2CCC(NS(=O)(=O)c3ccc(C#N)cc3)CC2)c2ccccc2n1. The van der Waals surface area contributed by atoms with Crippen molar-refractivity contribution in [2.45, 2.75) is 30.7 Å². The van der Waals surface area contributed by atoms with Gasteiger partial charge in [0.2, 0.25) is 10.0 Å². The minimum atomic E-state index is -3.63. The van der Waals surface area contributed by atoms with Gasteiger partial charge in [-0.15, -0.1) is 0 Å². The van der Waals surface area contributed by atoms with Gasteiger partial charge in [-0.05, 0) is 69.3 Å². The van der Waals surface area contributed by atoms with Crippen molar-refractivity contribution in [1.29, 1.82) is 5.26 Å². The molecule has 4 rings (SSSR count). The van der Waals surface area contributed by atoms with Crippen LogP contribution in [-0.2, 0) is 10.0 Å². The summed E-state index contributed by atoms with van der Waals surface area (Å²) in [7, 11) is -3.63. The van der Waals surface area contributed by atoms with E-state index in [0.29, 0.717) is 31.5 Å². The van der Waals surface area contributed by atoms with Crippen LogP contribution in [0.15, 0.2) is 59.5 Å². The minimum absolute atomic E-state index is 0.147. The molecule has 9 nitrogen and oxygen atoms in total. The van der Waals surface area contributed by atoms with Crippen LogP contribution in [0.5, 0.6) is 0 Å². The van der Waals surface area contributed by atoms with E-state index in [1.807, 2.05) is 43.3 Å². The van der Waals surface area contributed by atoms with Crippen molar-refractivity contribution < 1.29 is 13.2 Å². The first-order valence-electron chi connectivity index (χ1n) is 11.5. The second-order valence-corrected chi connectivity index (χ2v) is 10.3. The normalized spacial score (nSPS) is 15.0. The van der Waals surface area contributed by atoms with E-state index in [2.05, 4.69) is 25.2 Å². The number of amides is 2. The number of hydrogen-bond acceptors (Lipinski definition) is 6. The van der Waals surface area contributed by atoms with Gasteiger partial charge in [0.25, 0.3) is 0 Å². The molecule has 0 atom stereocenters. The van der Waals surface area contributed by atoms with Crippen LogP contribution in [0.4, 0.5) is 10.5 Å². The molecule has 1 aliphatic rings. The fourth-order valence-corrected chi connectivity index (χ4v) is 5.48. The zero-order chi connectivity index (χ0) is 24.8. The molecule has 1 aliphatic heterocycles. The van der Waals surface area contributed by atoms with Crippen molar-refractivity contribution in [3.05, 3.63) is 65.9 Å². The number of carbonyl (C=O) groups is 1. The fraction of sp³-hybridized carbons (Fsp3) is 0.320. The van der Waals surface area contributed by atoms with E-state index in [-0.39, 0.29) is 17.0 Å². The fourth-order valence-electron chi connectivity index (χ4n) is 4.18. The van der Waals surface area contributed by atoms with Gasteiger partial charge in [-0.25, -0.2) is 17.9 Å². The highest BCUT2D eigenvalue weighted by Crippen LogP contribution is 2.22. The molecule has 0 radical (unpaired) electrons. The quantitative estimate of drug-likeness (QED) is 0.465. The number of aryl methyl sites for hydroxylation is 1. The van der Waals surface area contributed by atoms with Gasteiger partial charge in [0, 0.05) is 30.2 Å². The Morgan fingerprint density at radius 2 is 1.86 bits per heavy atom. The lowest BCUT2D eigenvalue weighted by Gasteiger charge is -2.32. The molecule has 0 saturated carbocycles. The van der Waals surface area contributed by atoms with Crippen molar-refractivity contribution in [3.8, 4) is 6.07 Å². The molecule has 0 unspecified atom stereocenters. The molecule has 182 valence electrons. The summed E-state index contributed by atoms with van der Waals surface area (Å²) >= 11 is 0. The highest BCUT2D eigenvalue weighted by atomic mass is 32.2. The van der Waals surface area contributed by atoms with Gasteiger partial charge >= 0.3 is 6.03 Å². The van der Waals surface area contributed by atoms with Crippen LogP contribution in [0.3, 0.4) is 0 Å². The average molecular weight is 493 g/mol. The Hall–Kier alpha value is -3.52. The minimum Gasteiger partial charge on any atom is -0.337 e. The Morgan fingerprint density at radius 1 is 1.14 bits per heavy atom. The Kier molecular flexibility index (Phi) is 7.60. The van der Waals surface area contributed by atoms with Crippen LogP contribution in [-0.4, -0.2) is 56.6 Å². The molecular weight excluding hydrogens is 464 g/mol. The van der Waals surface area contributed by atoms with E-state index >= 15 is 0 Å².